The van der Waals surface area contributed by atoms with Crippen molar-refractivity contribution in [3.05, 3.63) is 29.8 Å². The summed E-state index contributed by atoms with van der Waals surface area (Å²) in [7, 11) is 0. The second kappa shape index (κ2) is 8.60. The van der Waals surface area contributed by atoms with E-state index in [9.17, 15) is 0 Å². The molecule has 1 aromatic carbocycles. The Morgan fingerprint density at radius 1 is 1.10 bits per heavy atom. The lowest BCUT2D eigenvalue weighted by Crippen LogP contribution is -2.29. The molecular formula is C17H26N2O. The van der Waals surface area contributed by atoms with Gasteiger partial charge in [-0.1, -0.05) is 39.8 Å². The molecule has 0 aliphatic rings. The fraction of sp³-hybridized carbons (Fsp3) is 0.588. The number of nitrogens with zero attached hydrogens (tertiary/aromatic N) is 1. The average molecular weight is 274 g/mol. The summed E-state index contributed by atoms with van der Waals surface area (Å²) in [6.07, 6.45) is 0. The molecule has 0 fully saturated rings. The number of hydrogen-bond acceptors (Lipinski definition) is 3. The number of nitriles is 1. The summed E-state index contributed by atoms with van der Waals surface area (Å²) in [6.45, 7) is 11.2. The van der Waals surface area contributed by atoms with Gasteiger partial charge >= 0.3 is 0 Å². The van der Waals surface area contributed by atoms with Crippen LogP contribution < -0.4 is 10.1 Å². The SMILES string of the molecule is CC(C)C(CNCc1ccc(OCC#N)cc1)C(C)C. The van der Waals surface area contributed by atoms with E-state index in [1.807, 2.05) is 30.3 Å². The van der Waals surface area contributed by atoms with Crippen molar-refractivity contribution in [1.82, 2.24) is 5.32 Å². The van der Waals surface area contributed by atoms with Crippen LogP contribution in [-0.2, 0) is 6.54 Å². The monoisotopic (exact) mass is 274 g/mol. The van der Waals surface area contributed by atoms with Crippen LogP contribution in [0.2, 0.25) is 0 Å². The molecule has 3 heteroatoms. The van der Waals surface area contributed by atoms with Crippen molar-refractivity contribution in [1.29, 1.82) is 5.26 Å². The second-order valence-corrected chi connectivity index (χ2v) is 5.87. The van der Waals surface area contributed by atoms with E-state index in [2.05, 4.69) is 33.0 Å². The molecular weight excluding hydrogens is 248 g/mol. The summed E-state index contributed by atoms with van der Waals surface area (Å²) in [4.78, 5) is 0. The van der Waals surface area contributed by atoms with Crippen LogP contribution in [0.15, 0.2) is 24.3 Å². The van der Waals surface area contributed by atoms with Crippen molar-refractivity contribution < 1.29 is 4.74 Å². The molecule has 0 bridgehead atoms. The highest BCUT2D eigenvalue weighted by Crippen LogP contribution is 2.19. The van der Waals surface area contributed by atoms with Gasteiger partial charge in [-0.05, 0) is 42.0 Å². The van der Waals surface area contributed by atoms with Gasteiger partial charge in [0, 0.05) is 6.54 Å². The van der Waals surface area contributed by atoms with E-state index in [1.54, 1.807) is 0 Å². The van der Waals surface area contributed by atoms with Crippen molar-refractivity contribution >= 4 is 0 Å². The van der Waals surface area contributed by atoms with Crippen LogP contribution in [0, 0.1) is 29.1 Å². The average Bonchev–Trinajstić information content (AvgIpc) is 2.41. The van der Waals surface area contributed by atoms with Crippen LogP contribution in [0.1, 0.15) is 33.3 Å². The van der Waals surface area contributed by atoms with E-state index >= 15 is 0 Å². The summed E-state index contributed by atoms with van der Waals surface area (Å²) >= 11 is 0. The topological polar surface area (TPSA) is 45.0 Å². The standard InChI is InChI=1S/C17H26N2O/c1-13(2)17(14(3)4)12-19-11-15-5-7-16(8-6-15)20-10-9-18/h5-8,13-14,17,19H,10-12H2,1-4H3. The lowest BCUT2D eigenvalue weighted by molar-refractivity contribution is 0.275. The minimum atomic E-state index is 0.0993. The molecule has 0 aromatic heterocycles. The quantitative estimate of drug-likeness (QED) is 0.787. The van der Waals surface area contributed by atoms with Crippen LogP contribution in [0.4, 0.5) is 0 Å². The molecule has 1 rings (SSSR count). The fourth-order valence-electron chi connectivity index (χ4n) is 2.44. The van der Waals surface area contributed by atoms with Crippen molar-refractivity contribution in [3.63, 3.8) is 0 Å². The number of rotatable bonds is 8. The fourth-order valence-corrected chi connectivity index (χ4v) is 2.44. The zero-order valence-electron chi connectivity index (χ0n) is 13.0. The maximum Gasteiger partial charge on any atom is 0.174 e. The molecule has 1 aromatic rings. The minimum absolute atomic E-state index is 0.0993. The summed E-state index contributed by atoms with van der Waals surface area (Å²) in [5, 5.41) is 12.0. The van der Waals surface area contributed by atoms with Crippen molar-refractivity contribution in [3.8, 4) is 11.8 Å². The van der Waals surface area contributed by atoms with Gasteiger partial charge in [0.2, 0.25) is 0 Å². The summed E-state index contributed by atoms with van der Waals surface area (Å²) in [6, 6.07) is 9.87. The van der Waals surface area contributed by atoms with Gasteiger partial charge in [0.15, 0.2) is 6.61 Å². The van der Waals surface area contributed by atoms with Crippen LogP contribution >= 0.6 is 0 Å². The Kier molecular flexibility index (Phi) is 7.11. The normalized spacial score (nSPS) is 11.1. The van der Waals surface area contributed by atoms with E-state index in [0.717, 1.165) is 18.8 Å². The Morgan fingerprint density at radius 3 is 2.20 bits per heavy atom. The number of nitrogens with one attached hydrogen (secondary N) is 1. The Morgan fingerprint density at radius 2 is 1.70 bits per heavy atom. The molecule has 0 spiro atoms. The van der Waals surface area contributed by atoms with Crippen molar-refractivity contribution in [2.45, 2.75) is 34.2 Å². The molecule has 1 N–H and O–H groups in total. The van der Waals surface area contributed by atoms with Gasteiger partial charge in [0.25, 0.3) is 0 Å². The van der Waals surface area contributed by atoms with E-state index in [4.69, 9.17) is 10.00 Å². The Balaban J connectivity index is 2.40. The largest absolute Gasteiger partial charge is 0.479 e. The first-order valence-corrected chi connectivity index (χ1v) is 7.34. The Bertz CT molecular complexity index is 410. The molecule has 0 saturated carbocycles. The lowest BCUT2D eigenvalue weighted by Gasteiger charge is -2.25. The van der Waals surface area contributed by atoms with Gasteiger partial charge in [0.05, 0.1) is 0 Å². The molecule has 3 nitrogen and oxygen atoms in total. The van der Waals surface area contributed by atoms with Gasteiger partial charge in [-0.2, -0.15) is 5.26 Å². The smallest absolute Gasteiger partial charge is 0.174 e. The highest BCUT2D eigenvalue weighted by molar-refractivity contribution is 5.27. The van der Waals surface area contributed by atoms with E-state index in [0.29, 0.717) is 17.8 Å². The third kappa shape index (κ3) is 5.63. The molecule has 0 amide bonds. The van der Waals surface area contributed by atoms with Gasteiger partial charge in [-0.15, -0.1) is 0 Å². The number of ether oxygens (including phenoxy) is 1. The molecule has 0 atom stereocenters. The van der Waals surface area contributed by atoms with Crippen LogP contribution in [0.3, 0.4) is 0 Å². The lowest BCUT2D eigenvalue weighted by atomic mass is 9.85. The molecule has 20 heavy (non-hydrogen) atoms. The van der Waals surface area contributed by atoms with Crippen LogP contribution in [0.5, 0.6) is 5.75 Å². The van der Waals surface area contributed by atoms with Gasteiger partial charge in [0.1, 0.15) is 11.8 Å². The van der Waals surface area contributed by atoms with Crippen LogP contribution in [-0.4, -0.2) is 13.2 Å². The highest BCUT2D eigenvalue weighted by atomic mass is 16.5. The third-order valence-electron chi connectivity index (χ3n) is 3.65. The predicted molar refractivity (Wildman–Crippen MR) is 82.4 cm³/mol. The minimum Gasteiger partial charge on any atom is -0.479 e. The predicted octanol–water partition coefficient (Wildman–Crippen LogP) is 3.61. The summed E-state index contributed by atoms with van der Waals surface area (Å²) in [5.74, 6) is 2.85. The van der Waals surface area contributed by atoms with Gasteiger partial charge in [-0.25, -0.2) is 0 Å². The molecule has 0 heterocycles. The molecule has 0 aliphatic carbocycles. The summed E-state index contributed by atoms with van der Waals surface area (Å²) < 4.78 is 5.23. The van der Waals surface area contributed by atoms with Gasteiger partial charge in [-0.3, -0.25) is 0 Å². The Labute approximate surface area is 123 Å². The third-order valence-corrected chi connectivity index (χ3v) is 3.65. The Hall–Kier alpha value is -1.53. The first kappa shape index (κ1) is 16.5. The van der Waals surface area contributed by atoms with Crippen molar-refractivity contribution in [2.24, 2.45) is 17.8 Å². The van der Waals surface area contributed by atoms with Crippen LogP contribution in [0.25, 0.3) is 0 Å². The van der Waals surface area contributed by atoms with E-state index in [1.165, 1.54) is 5.56 Å². The first-order chi connectivity index (χ1) is 9.54. The molecule has 110 valence electrons. The zero-order chi connectivity index (χ0) is 15.0. The maximum absolute atomic E-state index is 8.45. The molecule has 0 aliphatic heterocycles. The summed E-state index contributed by atoms with van der Waals surface area (Å²) in [5.41, 5.74) is 1.24. The van der Waals surface area contributed by atoms with Crippen molar-refractivity contribution in [2.75, 3.05) is 13.2 Å². The highest BCUT2D eigenvalue weighted by Gasteiger charge is 2.16. The maximum atomic E-state index is 8.45. The zero-order valence-corrected chi connectivity index (χ0v) is 13.0. The second-order valence-electron chi connectivity index (χ2n) is 5.87. The number of benzene rings is 1. The van der Waals surface area contributed by atoms with E-state index in [-0.39, 0.29) is 6.61 Å². The van der Waals surface area contributed by atoms with E-state index < -0.39 is 0 Å². The molecule has 0 unspecified atom stereocenters. The molecule has 0 radical (unpaired) electrons. The first-order valence-electron chi connectivity index (χ1n) is 7.34. The molecule has 0 saturated heterocycles. The number of hydrogen-bond donors (Lipinski definition) is 1. The van der Waals surface area contributed by atoms with Gasteiger partial charge < -0.3 is 10.1 Å².